The van der Waals surface area contributed by atoms with Gasteiger partial charge in [-0.3, -0.25) is 0 Å². The molecule has 2 aliphatic heterocycles. The van der Waals surface area contributed by atoms with Gasteiger partial charge in [-0.1, -0.05) is 41.9 Å². The Bertz CT molecular complexity index is 1450. The zero-order valence-corrected chi connectivity index (χ0v) is 22.0. The maximum atomic E-state index is 11.6. The van der Waals surface area contributed by atoms with Gasteiger partial charge in [0, 0.05) is 17.9 Å². The Morgan fingerprint density at radius 2 is 1.89 bits per heavy atom. The molecule has 2 saturated heterocycles. The summed E-state index contributed by atoms with van der Waals surface area (Å²) in [7, 11) is -2.95. The molecule has 6 rings (SSSR count). The average Bonchev–Trinajstić information content (AvgIpc) is 3.55. The van der Waals surface area contributed by atoms with Gasteiger partial charge in [0.15, 0.2) is 12.0 Å². The number of aliphatic hydroxyl groups is 1. The van der Waals surface area contributed by atoms with Crippen LogP contribution in [0.3, 0.4) is 0 Å². The Morgan fingerprint density at radius 3 is 2.62 bits per heavy atom. The topological polar surface area (TPSA) is 111 Å². The van der Waals surface area contributed by atoms with Crippen LogP contribution in [0.1, 0.15) is 24.8 Å². The van der Waals surface area contributed by atoms with E-state index in [0.717, 1.165) is 41.4 Å². The summed E-state index contributed by atoms with van der Waals surface area (Å²) in [4.78, 5) is 8.00. The van der Waals surface area contributed by atoms with Crippen LogP contribution >= 0.6 is 11.6 Å². The molecule has 8 nitrogen and oxygen atoms in total. The van der Waals surface area contributed by atoms with Gasteiger partial charge in [0.2, 0.25) is 0 Å². The number of pyridine rings is 1. The fourth-order valence-electron chi connectivity index (χ4n) is 5.55. The van der Waals surface area contributed by atoms with Crippen LogP contribution in [0.4, 0.5) is 0 Å². The smallest absolute Gasteiger partial charge is 0.193 e. The van der Waals surface area contributed by atoms with E-state index >= 15 is 0 Å². The molecule has 1 aromatic carbocycles. The van der Waals surface area contributed by atoms with E-state index in [2.05, 4.69) is 23.2 Å². The molecule has 2 N–H and O–H groups in total. The first-order chi connectivity index (χ1) is 17.7. The molecule has 4 heterocycles. The predicted molar refractivity (Wildman–Crippen MR) is 141 cm³/mol. The van der Waals surface area contributed by atoms with Crippen molar-refractivity contribution in [1.82, 2.24) is 9.97 Å². The third kappa shape index (κ3) is 5.15. The fraction of sp³-hybridized carbons (Fsp3) is 0.444. The van der Waals surface area contributed by atoms with E-state index in [1.54, 1.807) is 0 Å². The summed E-state index contributed by atoms with van der Waals surface area (Å²) in [5.41, 5.74) is 5.46. The van der Waals surface area contributed by atoms with Crippen LogP contribution in [0.15, 0.2) is 42.5 Å². The highest BCUT2D eigenvalue weighted by Gasteiger charge is 2.48. The second kappa shape index (κ2) is 9.71. The van der Waals surface area contributed by atoms with Crippen molar-refractivity contribution in [3.8, 4) is 17.1 Å². The number of nitrogens with one attached hydrogen (secondary N) is 1. The van der Waals surface area contributed by atoms with Crippen molar-refractivity contribution in [1.29, 1.82) is 0 Å². The summed E-state index contributed by atoms with van der Waals surface area (Å²) < 4.78 is 40.6. The van der Waals surface area contributed by atoms with E-state index in [1.165, 1.54) is 11.8 Å². The van der Waals surface area contributed by atoms with Crippen molar-refractivity contribution in [3.05, 3.63) is 53.1 Å². The van der Waals surface area contributed by atoms with Gasteiger partial charge in [0.25, 0.3) is 0 Å². The third-order valence-corrected chi connectivity index (χ3v) is 8.74. The number of rotatable bonds is 6. The minimum absolute atomic E-state index is 0.197. The minimum Gasteiger partial charge on any atom is -0.470 e. The van der Waals surface area contributed by atoms with Gasteiger partial charge in [-0.05, 0) is 42.4 Å². The van der Waals surface area contributed by atoms with Gasteiger partial charge in [-0.25, -0.2) is 13.4 Å². The lowest BCUT2D eigenvalue weighted by Crippen LogP contribution is -2.34. The molecule has 2 aromatic heterocycles. The number of hydrogen-bond donors (Lipinski definition) is 2. The lowest BCUT2D eigenvalue weighted by Gasteiger charge is -2.21. The van der Waals surface area contributed by atoms with E-state index in [1.807, 2.05) is 24.3 Å². The quantitative estimate of drug-likeness (QED) is 0.482. The Labute approximate surface area is 220 Å². The zero-order valence-electron chi connectivity index (χ0n) is 20.4. The molecule has 0 amide bonds. The molecule has 0 bridgehead atoms. The van der Waals surface area contributed by atoms with Crippen LogP contribution < -0.4 is 4.74 Å². The molecule has 10 heteroatoms. The van der Waals surface area contributed by atoms with E-state index < -0.39 is 15.9 Å². The molecule has 0 saturated carbocycles. The van der Waals surface area contributed by atoms with Crippen molar-refractivity contribution in [2.24, 2.45) is 5.92 Å². The van der Waals surface area contributed by atoms with E-state index in [4.69, 9.17) is 30.8 Å². The number of aromatic amines is 1. The number of aromatic nitrogens is 2. The monoisotopic (exact) mass is 544 g/mol. The Morgan fingerprint density at radius 1 is 1.14 bits per heavy atom. The molecule has 1 aliphatic carbocycles. The van der Waals surface area contributed by atoms with Gasteiger partial charge in [-0.2, -0.15) is 0 Å². The number of benzene rings is 1. The predicted octanol–water partition coefficient (Wildman–Crippen LogP) is 4.02. The van der Waals surface area contributed by atoms with E-state index in [9.17, 15) is 13.5 Å². The van der Waals surface area contributed by atoms with Gasteiger partial charge in [0.05, 0.1) is 40.7 Å². The van der Waals surface area contributed by atoms with Crippen molar-refractivity contribution in [3.63, 3.8) is 0 Å². The Balaban J connectivity index is 1.17. The molecule has 5 atom stereocenters. The van der Waals surface area contributed by atoms with Crippen molar-refractivity contribution in [2.75, 3.05) is 25.2 Å². The van der Waals surface area contributed by atoms with Crippen LogP contribution in [0.5, 0.6) is 5.88 Å². The summed E-state index contributed by atoms with van der Waals surface area (Å²) in [5.74, 6) is 0.993. The highest BCUT2D eigenvalue weighted by molar-refractivity contribution is 7.90. The van der Waals surface area contributed by atoms with Crippen molar-refractivity contribution in [2.45, 2.75) is 43.7 Å². The lowest BCUT2D eigenvalue weighted by molar-refractivity contribution is 0.00794. The highest BCUT2D eigenvalue weighted by Crippen LogP contribution is 2.35. The summed E-state index contributed by atoms with van der Waals surface area (Å²) in [5, 5.41) is 10.5. The first-order valence-electron chi connectivity index (χ1n) is 12.5. The molecule has 2 fully saturated rings. The molecule has 0 spiro atoms. The molecular formula is C27H29ClN2O6S. The van der Waals surface area contributed by atoms with E-state index in [-0.39, 0.29) is 36.6 Å². The normalized spacial score (nSPS) is 27.9. The number of nitrogens with zero attached hydrogens (tertiary/aromatic N) is 1. The van der Waals surface area contributed by atoms with Crippen molar-refractivity contribution >= 4 is 38.0 Å². The maximum absolute atomic E-state index is 11.6. The molecule has 3 aliphatic rings. The van der Waals surface area contributed by atoms with Gasteiger partial charge < -0.3 is 24.3 Å². The number of ether oxygens (including phenoxy) is 3. The largest absolute Gasteiger partial charge is 0.470 e. The summed E-state index contributed by atoms with van der Waals surface area (Å²) >= 11 is 6.61. The Kier molecular flexibility index (Phi) is 6.53. The van der Waals surface area contributed by atoms with Crippen LogP contribution in [-0.4, -0.2) is 73.1 Å². The molecule has 3 aromatic rings. The number of aliphatic hydroxyl groups excluding tert-OH is 1. The number of fused-ring (bicyclic) bond motifs is 2. The van der Waals surface area contributed by atoms with Crippen LogP contribution in [0, 0.1) is 5.92 Å². The number of halogens is 1. The second-order valence-corrected chi connectivity index (χ2v) is 12.8. The maximum Gasteiger partial charge on any atom is 0.193 e. The number of hydrogen-bond acceptors (Lipinski definition) is 7. The number of sulfone groups is 1. The average molecular weight is 545 g/mol. The molecule has 196 valence electrons. The molecule has 1 unspecified atom stereocenters. The van der Waals surface area contributed by atoms with Crippen LogP contribution in [0.2, 0.25) is 5.02 Å². The van der Waals surface area contributed by atoms with Crippen LogP contribution in [0.25, 0.3) is 27.9 Å². The fourth-order valence-corrected chi connectivity index (χ4v) is 6.97. The molecular weight excluding hydrogens is 516 g/mol. The van der Waals surface area contributed by atoms with Gasteiger partial charge in [0.1, 0.15) is 28.1 Å². The van der Waals surface area contributed by atoms with Crippen LogP contribution in [-0.2, 0) is 19.3 Å². The summed E-state index contributed by atoms with van der Waals surface area (Å²) in [6.07, 6.45) is 4.42. The number of H-pyrrole nitrogens is 1. The SMILES string of the molecule is CS(=O)(=O)CC1CC=C(c2ccc(-c3nc4cc(O[C@@H]5CO[C@H]6[C@@H]5OC[C@H]6O)[nH]c4cc3Cl)cc2)CC1. The van der Waals surface area contributed by atoms with Gasteiger partial charge in [-0.15, -0.1) is 0 Å². The lowest BCUT2D eigenvalue weighted by atomic mass is 9.87. The van der Waals surface area contributed by atoms with Crippen molar-refractivity contribution < 1.29 is 27.7 Å². The standard InChI is InChI=1S/C27H29ClN2O6S/c1-37(32,33)14-15-2-4-16(5-3-15)17-6-8-18(9-7-17)25-19(28)10-20-21(30-25)11-24(29-20)36-23-13-35-26-22(31)12-34-27(23)26/h4,6-11,15,22-23,26-27,29,31H,2-3,5,12-14H2,1H3/t15?,22-,23-,26-,27-/m1/s1. The highest BCUT2D eigenvalue weighted by atomic mass is 35.5. The third-order valence-electron chi connectivity index (χ3n) is 7.38. The molecule has 0 radical (unpaired) electrons. The van der Waals surface area contributed by atoms with E-state index in [0.29, 0.717) is 23.2 Å². The number of allylic oxidation sites excluding steroid dienone is 2. The minimum atomic E-state index is -2.95. The first-order valence-corrected chi connectivity index (χ1v) is 14.9. The Hall–Kier alpha value is -2.43. The van der Waals surface area contributed by atoms with Gasteiger partial charge >= 0.3 is 0 Å². The second-order valence-electron chi connectivity index (χ2n) is 10.2. The summed E-state index contributed by atoms with van der Waals surface area (Å²) in [6.45, 7) is 0.602. The zero-order chi connectivity index (χ0) is 25.7. The molecule has 37 heavy (non-hydrogen) atoms. The summed E-state index contributed by atoms with van der Waals surface area (Å²) in [6, 6.07) is 11.8. The first kappa shape index (κ1) is 24.9.